The number of hydrogen-bond acceptors (Lipinski definition) is 4. The molecule has 1 aromatic heterocycles. The van der Waals surface area contributed by atoms with Crippen LogP contribution in [-0.4, -0.2) is 25.9 Å². The number of aryl methyl sites for hydroxylation is 1. The van der Waals surface area contributed by atoms with Crippen LogP contribution in [0, 0.1) is 6.92 Å². The number of aromatic nitrogens is 3. The van der Waals surface area contributed by atoms with Gasteiger partial charge in [0.1, 0.15) is 5.82 Å². The minimum Gasteiger partial charge on any atom is -0.348 e. The molecule has 0 bridgehead atoms. The summed E-state index contributed by atoms with van der Waals surface area (Å²) in [4.78, 5) is 12.7. The molecular formula is C19H26N4OS. The SMILES string of the molecule is CCC[C@H](NC(=O)[C@H](C)Sc1nnc(C)n1C1CC1)c1ccccc1. The highest BCUT2D eigenvalue weighted by atomic mass is 32.2. The second kappa shape index (κ2) is 8.04. The highest BCUT2D eigenvalue weighted by Crippen LogP contribution is 2.39. The van der Waals surface area contributed by atoms with E-state index in [1.165, 1.54) is 24.6 Å². The molecular weight excluding hydrogens is 332 g/mol. The van der Waals surface area contributed by atoms with Crippen molar-refractivity contribution in [3.63, 3.8) is 0 Å². The molecule has 1 aliphatic rings. The molecule has 2 aromatic rings. The summed E-state index contributed by atoms with van der Waals surface area (Å²) in [5.41, 5.74) is 1.16. The van der Waals surface area contributed by atoms with Crippen molar-refractivity contribution >= 4 is 17.7 Å². The molecule has 0 unspecified atom stereocenters. The molecule has 1 fully saturated rings. The first-order chi connectivity index (χ1) is 12.1. The van der Waals surface area contributed by atoms with Crippen molar-refractivity contribution < 1.29 is 4.79 Å². The molecule has 3 rings (SSSR count). The maximum Gasteiger partial charge on any atom is 0.233 e. The van der Waals surface area contributed by atoms with E-state index < -0.39 is 0 Å². The Hall–Kier alpha value is -1.82. The van der Waals surface area contributed by atoms with Crippen molar-refractivity contribution in [3.8, 4) is 0 Å². The van der Waals surface area contributed by atoms with Crippen molar-refractivity contribution in [2.75, 3.05) is 0 Å². The minimum atomic E-state index is -0.204. The van der Waals surface area contributed by atoms with Crippen LogP contribution < -0.4 is 5.32 Å². The van der Waals surface area contributed by atoms with Crippen LogP contribution in [0.15, 0.2) is 35.5 Å². The largest absolute Gasteiger partial charge is 0.348 e. The van der Waals surface area contributed by atoms with Crippen molar-refractivity contribution in [2.24, 2.45) is 0 Å². The average molecular weight is 359 g/mol. The van der Waals surface area contributed by atoms with E-state index in [0.29, 0.717) is 6.04 Å². The maximum absolute atomic E-state index is 12.7. The van der Waals surface area contributed by atoms with E-state index in [2.05, 4.69) is 39.1 Å². The number of nitrogens with one attached hydrogen (secondary N) is 1. The number of hydrogen-bond donors (Lipinski definition) is 1. The normalized spacial score (nSPS) is 16.4. The third kappa shape index (κ3) is 4.42. The van der Waals surface area contributed by atoms with Crippen LogP contribution in [0.2, 0.25) is 0 Å². The molecule has 5 nitrogen and oxygen atoms in total. The number of rotatable bonds is 8. The quantitative estimate of drug-likeness (QED) is 0.723. The summed E-state index contributed by atoms with van der Waals surface area (Å²) in [5, 5.41) is 12.3. The standard InChI is InChI=1S/C19H26N4OS/c1-4-8-17(15-9-6-5-7-10-15)20-18(24)13(2)25-19-22-21-14(3)23(19)16-11-12-16/h5-7,9-10,13,16-17H,4,8,11-12H2,1-3H3,(H,20,24)/t13-,17-/m0/s1. The van der Waals surface area contributed by atoms with Crippen LogP contribution in [0.5, 0.6) is 0 Å². The molecule has 0 radical (unpaired) electrons. The van der Waals surface area contributed by atoms with Gasteiger partial charge in [-0.25, -0.2) is 0 Å². The van der Waals surface area contributed by atoms with E-state index in [-0.39, 0.29) is 17.2 Å². The molecule has 1 N–H and O–H groups in total. The monoisotopic (exact) mass is 358 g/mol. The Balaban J connectivity index is 1.65. The fourth-order valence-electron chi connectivity index (χ4n) is 2.98. The fraction of sp³-hybridized carbons (Fsp3) is 0.526. The fourth-order valence-corrected chi connectivity index (χ4v) is 3.95. The van der Waals surface area contributed by atoms with Crippen LogP contribution in [0.3, 0.4) is 0 Å². The molecule has 6 heteroatoms. The number of amides is 1. The van der Waals surface area contributed by atoms with E-state index >= 15 is 0 Å². The lowest BCUT2D eigenvalue weighted by Crippen LogP contribution is -2.34. The van der Waals surface area contributed by atoms with Gasteiger partial charge in [0, 0.05) is 6.04 Å². The Morgan fingerprint density at radius 3 is 2.68 bits per heavy atom. The first-order valence-electron chi connectivity index (χ1n) is 9.03. The van der Waals surface area contributed by atoms with E-state index in [1.807, 2.05) is 32.0 Å². The van der Waals surface area contributed by atoms with Gasteiger partial charge in [-0.1, -0.05) is 55.4 Å². The predicted octanol–water partition coefficient (Wildman–Crippen LogP) is 4.06. The molecule has 2 atom stereocenters. The summed E-state index contributed by atoms with van der Waals surface area (Å²) in [5.74, 6) is 0.987. The molecule has 1 aromatic carbocycles. The second-order valence-corrected chi connectivity index (χ2v) is 7.96. The molecule has 1 saturated carbocycles. The molecule has 0 spiro atoms. The summed E-state index contributed by atoms with van der Waals surface area (Å²) in [6.45, 7) is 6.06. The lowest BCUT2D eigenvalue weighted by Gasteiger charge is -2.21. The number of carbonyl (C=O) groups is 1. The lowest BCUT2D eigenvalue weighted by molar-refractivity contribution is -0.121. The number of nitrogens with zero attached hydrogens (tertiary/aromatic N) is 3. The highest BCUT2D eigenvalue weighted by molar-refractivity contribution is 8.00. The van der Waals surface area contributed by atoms with Gasteiger partial charge in [0.2, 0.25) is 5.91 Å². The van der Waals surface area contributed by atoms with Gasteiger partial charge in [-0.15, -0.1) is 10.2 Å². The van der Waals surface area contributed by atoms with Crippen molar-refractivity contribution in [1.82, 2.24) is 20.1 Å². The zero-order valence-electron chi connectivity index (χ0n) is 15.1. The van der Waals surface area contributed by atoms with E-state index in [0.717, 1.165) is 29.4 Å². The second-order valence-electron chi connectivity index (χ2n) is 6.65. The summed E-state index contributed by atoms with van der Waals surface area (Å²) >= 11 is 1.50. The Labute approximate surface area is 153 Å². The summed E-state index contributed by atoms with van der Waals surface area (Å²) < 4.78 is 2.18. The third-order valence-corrected chi connectivity index (χ3v) is 5.55. The van der Waals surface area contributed by atoms with E-state index in [1.54, 1.807) is 0 Å². The Kier molecular flexibility index (Phi) is 5.78. The summed E-state index contributed by atoms with van der Waals surface area (Å²) in [7, 11) is 0. The number of carbonyl (C=O) groups excluding carboxylic acids is 1. The topological polar surface area (TPSA) is 59.8 Å². The van der Waals surface area contributed by atoms with E-state index in [4.69, 9.17) is 0 Å². The molecule has 0 aliphatic heterocycles. The van der Waals surface area contributed by atoms with Gasteiger partial charge in [-0.3, -0.25) is 4.79 Å². The Morgan fingerprint density at radius 2 is 2.04 bits per heavy atom. The first-order valence-corrected chi connectivity index (χ1v) is 9.91. The first kappa shape index (κ1) is 18.0. The van der Waals surface area contributed by atoms with Gasteiger partial charge < -0.3 is 9.88 Å². The van der Waals surface area contributed by atoms with Crippen LogP contribution in [0.4, 0.5) is 0 Å². The molecule has 134 valence electrons. The maximum atomic E-state index is 12.7. The molecule has 1 heterocycles. The van der Waals surface area contributed by atoms with Crippen molar-refractivity contribution in [1.29, 1.82) is 0 Å². The van der Waals surface area contributed by atoms with Gasteiger partial charge in [0.05, 0.1) is 11.3 Å². The summed E-state index contributed by atoms with van der Waals surface area (Å²) in [6, 6.07) is 10.8. The van der Waals surface area contributed by atoms with Gasteiger partial charge in [0.15, 0.2) is 5.16 Å². The highest BCUT2D eigenvalue weighted by Gasteiger charge is 2.30. The average Bonchev–Trinajstić information content (AvgIpc) is 3.39. The molecule has 0 saturated heterocycles. The van der Waals surface area contributed by atoms with Crippen molar-refractivity contribution in [2.45, 2.75) is 68.9 Å². The van der Waals surface area contributed by atoms with Crippen LogP contribution in [0.25, 0.3) is 0 Å². The number of thioether (sulfide) groups is 1. The van der Waals surface area contributed by atoms with Crippen molar-refractivity contribution in [3.05, 3.63) is 41.7 Å². The van der Waals surface area contributed by atoms with Gasteiger partial charge >= 0.3 is 0 Å². The van der Waals surface area contributed by atoms with Gasteiger partial charge in [0.25, 0.3) is 0 Å². The smallest absolute Gasteiger partial charge is 0.233 e. The van der Waals surface area contributed by atoms with E-state index in [9.17, 15) is 4.79 Å². The molecule has 1 amide bonds. The number of benzene rings is 1. The zero-order valence-corrected chi connectivity index (χ0v) is 15.9. The zero-order chi connectivity index (χ0) is 17.8. The Morgan fingerprint density at radius 1 is 1.32 bits per heavy atom. The molecule has 1 aliphatic carbocycles. The molecule has 25 heavy (non-hydrogen) atoms. The van der Waals surface area contributed by atoms with Crippen LogP contribution in [0.1, 0.15) is 63.0 Å². The third-order valence-electron chi connectivity index (χ3n) is 4.49. The Bertz CT molecular complexity index is 711. The lowest BCUT2D eigenvalue weighted by atomic mass is 10.0. The summed E-state index contributed by atoms with van der Waals surface area (Å²) in [6.07, 6.45) is 4.32. The van der Waals surface area contributed by atoms with Gasteiger partial charge in [-0.05, 0) is 38.7 Å². The van der Waals surface area contributed by atoms with Gasteiger partial charge in [-0.2, -0.15) is 0 Å². The van der Waals surface area contributed by atoms with Crippen LogP contribution in [-0.2, 0) is 4.79 Å². The minimum absolute atomic E-state index is 0.0512. The predicted molar refractivity (Wildman–Crippen MR) is 101 cm³/mol. The van der Waals surface area contributed by atoms with Crippen LogP contribution >= 0.6 is 11.8 Å².